The van der Waals surface area contributed by atoms with Crippen molar-refractivity contribution in [3.8, 4) is 0 Å². The van der Waals surface area contributed by atoms with Crippen LogP contribution in [0.15, 0.2) is 0 Å². The smallest absolute Gasteiger partial charge is 0.309 e. The Morgan fingerprint density at radius 1 is 0.655 bits per heavy atom. The highest BCUT2D eigenvalue weighted by Gasteiger charge is 2.40. The molecule has 0 spiro atoms. The molecule has 3 aliphatic rings. The Bertz CT molecular complexity index is 505. The Hall–Kier alpha value is -1.06. The van der Waals surface area contributed by atoms with E-state index < -0.39 is 0 Å². The van der Waals surface area contributed by atoms with Crippen molar-refractivity contribution >= 4 is 11.9 Å². The van der Waals surface area contributed by atoms with Gasteiger partial charge in [-0.25, -0.2) is 0 Å². The molecule has 0 saturated heterocycles. The first-order valence-corrected chi connectivity index (χ1v) is 12.5. The molecule has 4 heteroatoms. The molecule has 3 rings (SSSR count). The summed E-state index contributed by atoms with van der Waals surface area (Å²) in [7, 11) is 0. The van der Waals surface area contributed by atoms with E-state index >= 15 is 0 Å². The molecule has 3 atom stereocenters. The Kier molecular flexibility index (Phi) is 9.33. The maximum atomic E-state index is 12.8. The van der Waals surface area contributed by atoms with Gasteiger partial charge in [-0.15, -0.1) is 0 Å². The zero-order chi connectivity index (χ0) is 20.5. The molecule has 3 saturated carbocycles. The number of carbonyl (C=O) groups excluding carboxylic acids is 2. The molecule has 29 heavy (non-hydrogen) atoms. The van der Waals surface area contributed by atoms with E-state index in [9.17, 15) is 9.59 Å². The van der Waals surface area contributed by atoms with Crippen molar-refractivity contribution in [3.63, 3.8) is 0 Å². The summed E-state index contributed by atoms with van der Waals surface area (Å²) in [6, 6.07) is 0. The van der Waals surface area contributed by atoms with Crippen molar-refractivity contribution < 1.29 is 19.1 Å². The van der Waals surface area contributed by atoms with Crippen LogP contribution in [0.5, 0.6) is 0 Å². The van der Waals surface area contributed by atoms with E-state index in [-0.39, 0.29) is 23.8 Å². The zero-order valence-corrected chi connectivity index (χ0v) is 18.5. The van der Waals surface area contributed by atoms with Crippen LogP contribution < -0.4 is 0 Å². The second kappa shape index (κ2) is 12.0. The van der Waals surface area contributed by atoms with Gasteiger partial charge in [0.2, 0.25) is 0 Å². The van der Waals surface area contributed by atoms with Gasteiger partial charge >= 0.3 is 11.9 Å². The van der Waals surface area contributed by atoms with Crippen LogP contribution in [0.3, 0.4) is 0 Å². The highest BCUT2D eigenvalue weighted by Crippen LogP contribution is 2.36. The van der Waals surface area contributed by atoms with Gasteiger partial charge in [0.1, 0.15) is 0 Å². The lowest BCUT2D eigenvalue weighted by molar-refractivity contribution is -0.164. The minimum Gasteiger partial charge on any atom is -0.465 e. The standard InChI is InChI=1S/C25H42O4/c1-19-12-13-22(24(26)28-16-14-20-8-4-2-5-9-20)23(18-19)25(27)29-17-15-21-10-6-3-7-11-21/h19-23H,2-18H2,1H3. The number of rotatable bonds is 8. The third-order valence-corrected chi connectivity index (χ3v) is 7.71. The Balaban J connectivity index is 1.42. The summed E-state index contributed by atoms with van der Waals surface area (Å²) >= 11 is 0. The largest absolute Gasteiger partial charge is 0.465 e. The first kappa shape index (κ1) is 22.6. The van der Waals surface area contributed by atoms with Crippen molar-refractivity contribution in [2.45, 2.75) is 103 Å². The first-order chi connectivity index (χ1) is 14.1. The highest BCUT2D eigenvalue weighted by atomic mass is 16.5. The molecule has 0 aromatic heterocycles. The van der Waals surface area contributed by atoms with Gasteiger partial charge in [0, 0.05) is 0 Å². The molecule has 0 heterocycles. The number of hydrogen-bond acceptors (Lipinski definition) is 4. The van der Waals surface area contributed by atoms with Gasteiger partial charge < -0.3 is 9.47 Å². The van der Waals surface area contributed by atoms with Crippen molar-refractivity contribution in [2.75, 3.05) is 13.2 Å². The SMILES string of the molecule is CC1CCC(C(=O)OCCC2CCCCC2)C(C(=O)OCCC2CCCCC2)C1. The van der Waals surface area contributed by atoms with Crippen molar-refractivity contribution in [1.82, 2.24) is 0 Å². The molecule has 0 aromatic carbocycles. The quantitative estimate of drug-likeness (QED) is 0.459. The van der Waals surface area contributed by atoms with E-state index in [1.165, 1.54) is 64.2 Å². The van der Waals surface area contributed by atoms with Gasteiger partial charge in [0.05, 0.1) is 25.0 Å². The predicted octanol–water partition coefficient (Wildman–Crippen LogP) is 6.07. The number of esters is 2. The molecule has 3 fully saturated rings. The van der Waals surface area contributed by atoms with Gasteiger partial charge in [-0.3, -0.25) is 9.59 Å². The zero-order valence-electron chi connectivity index (χ0n) is 18.5. The molecule has 0 aliphatic heterocycles. The van der Waals surface area contributed by atoms with Gasteiger partial charge in [0.25, 0.3) is 0 Å². The second-order valence-electron chi connectivity index (χ2n) is 10.1. The summed E-state index contributed by atoms with van der Waals surface area (Å²) in [5.74, 6) is 0.943. The van der Waals surface area contributed by atoms with E-state index in [1.807, 2.05) is 0 Å². The summed E-state index contributed by atoms with van der Waals surface area (Å²) in [5.41, 5.74) is 0. The maximum absolute atomic E-state index is 12.8. The summed E-state index contributed by atoms with van der Waals surface area (Å²) in [6.07, 6.45) is 17.5. The average molecular weight is 407 g/mol. The second-order valence-corrected chi connectivity index (χ2v) is 10.1. The maximum Gasteiger partial charge on any atom is 0.309 e. The minimum atomic E-state index is -0.313. The number of hydrogen-bond donors (Lipinski definition) is 0. The molecule has 3 aliphatic carbocycles. The first-order valence-electron chi connectivity index (χ1n) is 12.5. The third-order valence-electron chi connectivity index (χ3n) is 7.71. The Morgan fingerprint density at radius 3 is 1.66 bits per heavy atom. The molecule has 0 aromatic rings. The minimum absolute atomic E-state index is 0.165. The van der Waals surface area contributed by atoms with E-state index in [0.29, 0.717) is 31.0 Å². The number of ether oxygens (including phenoxy) is 2. The summed E-state index contributed by atoms with van der Waals surface area (Å²) in [6.45, 7) is 3.20. The van der Waals surface area contributed by atoms with Crippen LogP contribution in [0.4, 0.5) is 0 Å². The van der Waals surface area contributed by atoms with Crippen LogP contribution >= 0.6 is 0 Å². The average Bonchev–Trinajstić information content (AvgIpc) is 2.75. The normalized spacial score (nSPS) is 29.3. The predicted molar refractivity (Wildman–Crippen MR) is 114 cm³/mol. The van der Waals surface area contributed by atoms with Crippen molar-refractivity contribution in [2.24, 2.45) is 29.6 Å². The van der Waals surface area contributed by atoms with Crippen LogP contribution in [-0.4, -0.2) is 25.2 Å². The summed E-state index contributed by atoms with van der Waals surface area (Å²) in [4.78, 5) is 25.5. The summed E-state index contributed by atoms with van der Waals surface area (Å²) in [5, 5.41) is 0. The van der Waals surface area contributed by atoms with Crippen LogP contribution in [0, 0.1) is 29.6 Å². The van der Waals surface area contributed by atoms with Crippen LogP contribution in [0.25, 0.3) is 0 Å². The molecular weight excluding hydrogens is 364 g/mol. The number of carbonyl (C=O) groups is 2. The molecule has 0 N–H and O–H groups in total. The van der Waals surface area contributed by atoms with Gasteiger partial charge in [-0.1, -0.05) is 71.1 Å². The lowest BCUT2D eigenvalue weighted by atomic mass is 9.74. The van der Waals surface area contributed by atoms with E-state index in [4.69, 9.17) is 9.47 Å². The molecule has 166 valence electrons. The lowest BCUT2D eigenvalue weighted by Crippen LogP contribution is -2.37. The van der Waals surface area contributed by atoms with Gasteiger partial charge in [0.15, 0.2) is 0 Å². The third kappa shape index (κ3) is 7.29. The van der Waals surface area contributed by atoms with Crippen molar-refractivity contribution in [1.29, 1.82) is 0 Å². The summed E-state index contributed by atoms with van der Waals surface area (Å²) < 4.78 is 11.3. The topological polar surface area (TPSA) is 52.6 Å². The van der Waals surface area contributed by atoms with Crippen LogP contribution in [0.2, 0.25) is 0 Å². The van der Waals surface area contributed by atoms with Crippen LogP contribution in [0.1, 0.15) is 103 Å². The highest BCUT2D eigenvalue weighted by molar-refractivity contribution is 5.82. The van der Waals surface area contributed by atoms with Crippen molar-refractivity contribution in [3.05, 3.63) is 0 Å². The van der Waals surface area contributed by atoms with Crippen LogP contribution in [-0.2, 0) is 19.1 Å². The molecule has 3 unspecified atom stereocenters. The van der Waals surface area contributed by atoms with E-state index in [0.717, 1.165) is 32.1 Å². The molecule has 0 amide bonds. The Morgan fingerprint density at radius 2 is 1.14 bits per heavy atom. The van der Waals surface area contributed by atoms with Gasteiger partial charge in [-0.2, -0.15) is 0 Å². The fraction of sp³-hybridized carbons (Fsp3) is 0.920. The molecule has 0 bridgehead atoms. The fourth-order valence-corrected chi connectivity index (χ4v) is 5.74. The fourth-order valence-electron chi connectivity index (χ4n) is 5.74. The monoisotopic (exact) mass is 406 g/mol. The van der Waals surface area contributed by atoms with E-state index in [1.54, 1.807) is 0 Å². The molecule has 0 radical (unpaired) electrons. The molecule has 4 nitrogen and oxygen atoms in total. The van der Waals surface area contributed by atoms with E-state index in [2.05, 4.69) is 6.92 Å². The molecular formula is C25H42O4. The van der Waals surface area contributed by atoms with Gasteiger partial charge in [-0.05, 0) is 49.9 Å². The lowest BCUT2D eigenvalue weighted by Gasteiger charge is -2.32. The Labute approximate surface area is 177 Å².